The molecule has 30 heavy (non-hydrogen) atoms. The van der Waals surface area contributed by atoms with Gasteiger partial charge in [0.1, 0.15) is 0 Å². The van der Waals surface area contributed by atoms with Crippen molar-refractivity contribution in [3.63, 3.8) is 0 Å². The monoisotopic (exact) mass is 403 g/mol. The number of nitrogens with zero attached hydrogens (tertiary/aromatic N) is 2. The molecule has 2 aromatic carbocycles. The van der Waals surface area contributed by atoms with E-state index in [1.165, 1.54) is 0 Å². The molecule has 1 aliphatic carbocycles. The maximum absolute atomic E-state index is 12.9. The summed E-state index contributed by atoms with van der Waals surface area (Å²) in [5.74, 6) is -0.545. The SMILES string of the molecule is Cc1ccc(NC(=O)[C@@H](C)OC(=O)c2cc(C3CC3)nn2-c2ccccc2)c(C)c1. The lowest BCUT2D eigenvalue weighted by Crippen LogP contribution is -2.30. The van der Waals surface area contributed by atoms with E-state index in [1.54, 1.807) is 17.7 Å². The zero-order chi connectivity index (χ0) is 21.3. The number of esters is 1. The fourth-order valence-corrected chi connectivity index (χ4v) is 3.35. The van der Waals surface area contributed by atoms with Crippen LogP contribution in [-0.4, -0.2) is 27.8 Å². The summed E-state index contributed by atoms with van der Waals surface area (Å²) in [6.07, 6.45) is 1.21. The molecule has 1 N–H and O–H groups in total. The Morgan fingerprint density at radius 2 is 1.83 bits per heavy atom. The normalized spacial score (nSPS) is 14.2. The van der Waals surface area contributed by atoms with Crippen LogP contribution in [0.4, 0.5) is 5.69 Å². The van der Waals surface area contributed by atoms with Gasteiger partial charge in [0.15, 0.2) is 11.8 Å². The molecule has 6 heteroatoms. The molecule has 6 nitrogen and oxygen atoms in total. The van der Waals surface area contributed by atoms with E-state index in [1.807, 2.05) is 62.4 Å². The number of aryl methyl sites for hydroxylation is 2. The average Bonchev–Trinajstić information content (AvgIpc) is 3.48. The Hall–Kier alpha value is -3.41. The van der Waals surface area contributed by atoms with Crippen molar-refractivity contribution in [2.75, 3.05) is 5.32 Å². The third-order valence-electron chi connectivity index (χ3n) is 5.23. The second-order valence-electron chi connectivity index (χ2n) is 7.83. The number of carbonyl (C=O) groups is 2. The summed E-state index contributed by atoms with van der Waals surface area (Å²) in [5.41, 5.74) is 4.78. The molecule has 4 rings (SSSR count). The number of benzene rings is 2. The van der Waals surface area contributed by atoms with Crippen LogP contribution in [0.15, 0.2) is 54.6 Å². The summed E-state index contributed by atoms with van der Waals surface area (Å²) in [4.78, 5) is 25.5. The standard InChI is InChI=1S/C24H25N3O3/c1-15-9-12-20(16(2)13-15)25-23(28)17(3)30-24(29)22-14-21(18-10-11-18)26-27(22)19-7-5-4-6-8-19/h4-9,12-14,17-18H,10-11H2,1-3H3,(H,25,28)/t17-/m1/s1. The van der Waals surface area contributed by atoms with E-state index in [0.717, 1.165) is 35.3 Å². The van der Waals surface area contributed by atoms with E-state index < -0.39 is 12.1 Å². The van der Waals surface area contributed by atoms with Crippen molar-refractivity contribution in [2.45, 2.75) is 45.6 Å². The van der Waals surface area contributed by atoms with Gasteiger partial charge in [-0.2, -0.15) is 5.10 Å². The van der Waals surface area contributed by atoms with Gasteiger partial charge in [-0.25, -0.2) is 9.48 Å². The molecule has 0 bridgehead atoms. The van der Waals surface area contributed by atoms with Crippen LogP contribution in [0.3, 0.4) is 0 Å². The first-order valence-electron chi connectivity index (χ1n) is 10.2. The van der Waals surface area contributed by atoms with Crippen molar-refractivity contribution in [3.05, 3.63) is 77.1 Å². The Kier molecular flexibility index (Phi) is 5.40. The number of nitrogens with one attached hydrogen (secondary N) is 1. The summed E-state index contributed by atoms with van der Waals surface area (Å²) in [6.45, 7) is 5.49. The third kappa shape index (κ3) is 4.27. The second kappa shape index (κ2) is 8.14. The number of ether oxygens (including phenoxy) is 1. The minimum atomic E-state index is -0.943. The molecule has 0 aliphatic heterocycles. The molecule has 154 valence electrons. The van der Waals surface area contributed by atoms with Gasteiger partial charge >= 0.3 is 5.97 Å². The first-order valence-corrected chi connectivity index (χ1v) is 10.2. The Labute approximate surface area is 175 Å². The zero-order valence-electron chi connectivity index (χ0n) is 17.4. The molecule has 0 saturated heterocycles. The summed E-state index contributed by atoms with van der Waals surface area (Å²) in [7, 11) is 0. The molecule has 1 heterocycles. The van der Waals surface area contributed by atoms with Crippen LogP contribution < -0.4 is 5.32 Å². The maximum atomic E-state index is 12.9. The Balaban J connectivity index is 1.51. The highest BCUT2D eigenvalue weighted by Gasteiger charge is 2.30. The molecule has 1 saturated carbocycles. The molecule has 3 aromatic rings. The highest BCUT2D eigenvalue weighted by molar-refractivity contribution is 5.97. The van der Waals surface area contributed by atoms with Crippen molar-refractivity contribution in [3.8, 4) is 5.69 Å². The van der Waals surface area contributed by atoms with E-state index in [0.29, 0.717) is 17.3 Å². The summed E-state index contributed by atoms with van der Waals surface area (Å²) >= 11 is 0. The lowest BCUT2D eigenvalue weighted by atomic mass is 10.1. The molecule has 0 radical (unpaired) electrons. The minimum Gasteiger partial charge on any atom is -0.448 e. The largest absolute Gasteiger partial charge is 0.448 e. The van der Waals surface area contributed by atoms with Crippen LogP contribution in [0.25, 0.3) is 5.69 Å². The summed E-state index contributed by atoms with van der Waals surface area (Å²) in [6, 6.07) is 17.0. The number of carbonyl (C=O) groups excluding carboxylic acids is 2. The number of amides is 1. The van der Waals surface area contributed by atoms with E-state index in [4.69, 9.17) is 4.74 Å². The summed E-state index contributed by atoms with van der Waals surface area (Å²) in [5, 5.41) is 7.45. The topological polar surface area (TPSA) is 73.2 Å². The molecule has 1 aliphatic rings. The number of anilines is 1. The van der Waals surface area contributed by atoms with Gasteiger partial charge < -0.3 is 10.1 Å². The molecular formula is C24H25N3O3. The van der Waals surface area contributed by atoms with Crippen LogP contribution in [0.5, 0.6) is 0 Å². The van der Waals surface area contributed by atoms with Crippen molar-refractivity contribution < 1.29 is 14.3 Å². The average molecular weight is 403 g/mol. The zero-order valence-corrected chi connectivity index (χ0v) is 17.4. The molecule has 1 amide bonds. The van der Waals surface area contributed by atoms with Gasteiger partial charge in [0, 0.05) is 11.6 Å². The van der Waals surface area contributed by atoms with Gasteiger partial charge in [-0.15, -0.1) is 0 Å². The molecule has 0 unspecified atom stereocenters. The van der Waals surface area contributed by atoms with Gasteiger partial charge in [-0.1, -0.05) is 35.9 Å². The Morgan fingerprint density at radius 1 is 1.10 bits per heavy atom. The molecular weight excluding hydrogens is 378 g/mol. The predicted octanol–water partition coefficient (Wildman–Crippen LogP) is 4.55. The number of hydrogen-bond acceptors (Lipinski definition) is 4. The quantitative estimate of drug-likeness (QED) is 0.613. The van der Waals surface area contributed by atoms with Gasteiger partial charge in [-0.05, 0) is 63.4 Å². The number of aromatic nitrogens is 2. The van der Waals surface area contributed by atoms with Crippen molar-refractivity contribution >= 4 is 17.6 Å². The van der Waals surface area contributed by atoms with Crippen LogP contribution in [-0.2, 0) is 9.53 Å². The van der Waals surface area contributed by atoms with E-state index in [9.17, 15) is 9.59 Å². The third-order valence-corrected chi connectivity index (χ3v) is 5.23. The van der Waals surface area contributed by atoms with Gasteiger partial charge in [0.2, 0.25) is 0 Å². The number of hydrogen-bond donors (Lipinski definition) is 1. The molecule has 1 aromatic heterocycles. The van der Waals surface area contributed by atoms with Crippen LogP contribution in [0.1, 0.15) is 53.0 Å². The fraction of sp³-hybridized carbons (Fsp3) is 0.292. The summed E-state index contributed by atoms with van der Waals surface area (Å²) < 4.78 is 7.10. The van der Waals surface area contributed by atoms with Gasteiger partial charge in [-0.3, -0.25) is 4.79 Å². The molecule has 0 spiro atoms. The van der Waals surface area contributed by atoms with E-state index in [2.05, 4.69) is 10.4 Å². The highest BCUT2D eigenvalue weighted by Crippen LogP contribution is 2.39. The van der Waals surface area contributed by atoms with Crippen molar-refractivity contribution in [1.82, 2.24) is 9.78 Å². The maximum Gasteiger partial charge on any atom is 0.357 e. The minimum absolute atomic E-state index is 0.328. The smallest absolute Gasteiger partial charge is 0.357 e. The fourth-order valence-electron chi connectivity index (χ4n) is 3.35. The number of rotatable bonds is 6. The lowest BCUT2D eigenvalue weighted by molar-refractivity contribution is -0.123. The number of para-hydroxylation sites is 1. The predicted molar refractivity (Wildman–Crippen MR) is 115 cm³/mol. The first-order chi connectivity index (χ1) is 14.4. The van der Waals surface area contributed by atoms with E-state index >= 15 is 0 Å². The van der Waals surface area contributed by atoms with Crippen LogP contribution >= 0.6 is 0 Å². The lowest BCUT2D eigenvalue weighted by Gasteiger charge is -2.15. The van der Waals surface area contributed by atoms with Crippen molar-refractivity contribution in [2.24, 2.45) is 0 Å². The highest BCUT2D eigenvalue weighted by atomic mass is 16.5. The van der Waals surface area contributed by atoms with Gasteiger partial charge in [0.05, 0.1) is 11.4 Å². The molecule has 1 atom stereocenters. The first kappa shape index (κ1) is 19.9. The van der Waals surface area contributed by atoms with Gasteiger partial charge in [0.25, 0.3) is 5.91 Å². The van der Waals surface area contributed by atoms with Crippen LogP contribution in [0, 0.1) is 13.8 Å². The Bertz CT molecular complexity index is 1080. The Morgan fingerprint density at radius 3 is 2.50 bits per heavy atom. The van der Waals surface area contributed by atoms with Crippen LogP contribution in [0.2, 0.25) is 0 Å². The second-order valence-corrected chi connectivity index (χ2v) is 7.83. The van der Waals surface area contributed by atoms with Crippen molar-refractivity contribution in [1.29, 1.82) is 0 Å². The van der Waals surface area contributed by atoms with E-state index in [-0.39, 0.29) is 5.91 Å². The molecule has 1 fully saturated rings.